The Kier molecular flexibility index (Phi) is 7.42. The Balaban J connectivity index is 2.52. The van der Waals surface area contributed by atoms with E-state index in [0.29, 0.717) is 25.2 Å². The first-order chi connectivity index (χ1) is 11.7. The standard InChI is InChI=1S/C18H28N4O3/c1-5-22(6-2)15(23)14-9-7-13(8-10-14)11-20-17(25)21-12-18(3,4)16(19)24/h7-10H,5-6,11-12H2,1-4H3,(H2,19,24)(H2,20,21,25). The van der Waals surface area contributed by atoms with Crippen LogP contribution in [0.2, 0.25) is 0 Å². The minimum atomic E-state index is -0.802. The van der Waals surface area contributed by atoms with Gasteiger partial charge in [-0.3, -0.25) is 9.59 Å². The van der Waals surface area contributed by atoms with Crippen LogP contribution >= 0.6 is 0 Å². The molecule has 0 unspecified atom stereocenters. The highest BCUT2D eigenvalue weighted by atomic mass is 16.2. The number of carbonyl (C=O) groups is 3. The van der Waals surface area contributed by atoms with Gasteiger partial charge < -0.3 is 21.3 Å². The molecule has 0 fully saturated rings. The molecule has 1 aromatic carbocycles. The fourth-order valence-corrected chi connectivity index (χ4v) is 2.09. The molecule has 0 saturated heterocycles. The molecule has 0 aliphatic rings. The Morgan fingerprint density at radius 2 is 1.60 bits per heavy atom. The zero-order valence-electron chi connectivity index (χ0n) is 15.4. The number of nitrogens with two attached hydrogens (primary N) is 1. The summed E-state index contributed by atoms with van der Waals surface area (Å²) < 4.78 is 0. The van der Waals surface area contributed by atoms with E-state index in [1.54, 1.807) is 30.9 Å². The van der Waals surface area contributed by atoms with Crippen molar-refractivity contribution in [3.8, 4) is 0 Å². The molecule has 0 radical (unpaired) electrons. The Morgan fingerprint density at radius 3 is 2.08 bits per heavy atom. The third-order valence-electron chi connectivity index (χ3n) is 4.06. The summed E-state index contributed by atoms with van der Waals surface area (Å²) >= 11 is 0. The summed E-state index contributed by atoms with van der Waals surface area (Å²) in [5.41, 5.74) is 5.96. The predicted molar refractivity (Wildman–Crippen MR) is 96.9 cm³/mol. The topological polar surface area (TPSA) is 105 Å². The number of nitrogens with zero attached hydrogens (tertiary/aromatic N) is 1. The molecule has 0 spiro atoms. The van der Waals surface area contributed by atoms with E-state index in [-0.39, 0.29) is 18.5 Å². The van der Waals surface area contributed by atoms with Gasteiger partial charge in [0, 0.05) is 31.7 Å². The Bertz CT molecular complexity index is 607. The van der Waals surface area contributed by atoms with Gasteiger partial charge in [-0.15, -0.1) is 0 Å². The van der Waals surface area contributed by atoms with Crippen molar-refractivity contribution < 1.29 is 14.4 Å². The van der Waals surface area contributed by atoms with E-state index >= 15 is 0 Å². The summed E-state index contributed by atoms with van der Waals surface area (Å²) in [5, 5.41) is 5.33. The smallest absolute Gasteiger partial charge is 0.315 e. The molecular weight excluding hydrogens is 320 g/mol. The number of amides is 4. The maximum atomic E-state index is 12.2. The van der Waals surface area contributed by atoms with Crippen molar-refractivity contribution in [1.82, 2.24) is 15.5 Å². The number of primary amides is 1. The zero-order valence-corrected chi connectivity index (χ0v) is 15.4. The van der Waals surface area contributed by atoms with Crippen molar-refractivity contribution in [2.75, 3.05) is 19.6 Å². The molecule has 7 nitrogen and oxygen atoms in total. The van der Waals surface area contributed by atoms with Gasteiger partial charge >= 0.3 is 6.03 Å². The van der Waals surface area contributed by atoms with E-state index in [1.807, 2.05) is 26.0 Å². The average Bonchev–Trinajstić information content (AvgIpc) is 2.59. The van der Waals surface area contributed by atoms with Gasteiger partial charge in [-0.2, -0.15) is 0 Å². The van der Waals surface area contributed by atoms with Crippen LogP contribution in [-0.4, -0.2) is 42.4 Å². The number of hydrogen-bond donors (Lipinski definition) is 3. The fourth-order valence-electron chi connectivity index (χ4n) is 2.09. The van der Waals surface area contributed by atoms with Crippen molar-refractivity contribution in [3.05, 3.63) is 35.4 Å². The molecule has 1 aromatic rings. The third kappa shape index (κ3) is 6.10. The summed E-state index contributed by atoms with van der Waals surface area (Å²) in [5.74, 6) is -0.475. The maximum absolute atomic E-state index is 12.2. The van der Waals surface area contributed by atoms with Crippen LogP contribution in [0, 0.1) is 5.41 Å². The van der Waals surface area contributed by atoms with Crippen molar-refractivity contribution in [2.24, 2.45) is 11.1 Å². The molecular formula is C18H28N4O3. The summed E-state index contributed by atoms with van der Waals surface area (Å²) in [6.45, 7) is 9.03. The van der Waals surface area contributed by atoms with E-state index in [1.165, 1.54) is 0 Å². The molecule has 0 heterocycles. The summed E-state index contributed by atoms with van der Waals surface area (Å²) in [6, 6.07) is 6.75. The van der Waals surface area contributed by atoms with E-state index in [0.717, 1.165) is 5.56 Å². The number of hydrogen-bond acceptors (Lipinski definition) is 3. The van der Waals surface area contributed by atoms with Crippen LogP contribution < -0.4 is 16.4 Å². The molecule has 0 aliphatic carbocycles. The zero-order chi connectivity index (χ0) is 19.0. The van der Waals surface area contributed by atoms with Crippen molar-refractivity contribution in [3.63, 3.8) is 0 Å². The summed E-state index contributed by atoms with van der Waals surface area (Å²) in [6.07, 6.45) is 0. The number of nitrogens with one attached hydrogen (secondary N) is 2. The predicted octanol–water partition coefficient (Wildman–Crippen LogP) is 1.48. The minimum Gasteiger partial charge on any atom is -0.369 e. The molecule has 0 aliphatic heterocycles. The second kappa shape index (κ2) is 9.05. The fraction of sp³-hybridized carbons (Fsp3) is 0.500. The first-order valence-corrected chi connectivity index (χ1v) is 8.41. The highest BCUT2D eigenvalue weighted by Crippen LogP contribution is 2.11. The van der Waals surface area contributed by atoms with Gasteiger partial charge in [-0.1, -0.05) is 12.1 Å². The first-order valence-electron chi connectivity index (χ1n) is 8.41. The largest absolute Gasteiger partial charge is 0.369 e. The van der Waals surface area contributed by atoms with Crippen LogP contribution in [0.3, 0.4) is 0 Å². The van der Waals surface area contributed by atoms with Crippen molar-refractivity contribution in [1.29, 1.82) is 0 Å². The molecule has 4 N–H and O–H groups in total. The molecule has 0 saturated carbocycles. The molecule has 0 bridgehead atoms. The first kappa shape index (κ1) is 20.5. The molecule has 1 rings (SSSR count). The quantitative estimate of drug-likeness (QED) is 0.662. The Hall–Kier alpha value is -2.57. The Morgan fingerprint density at radius 1 is 1.04 bits per heavy atom. The van der Waals surface area contributed by atoms with Crippen molar-refractivity contribution in [2.45, 2.75) is 34.2 Å². The third-order valence-corrected chi connectivity index (χ3v) is 4.06. The minimum absolute atomic E-state index is 0.00376. The van der Waals surface area contributed by atoms with Crippen LogP contribution in [0.1, 0.15) is 43.6 Å². The normalized spacial score (nSPS) is 10.9. The molecule has 138 valence electrons. The lowest BCUT2D eigenvalue weighted by Crippen LogP contribution is -2.45. The van der Waals surface area contributed by atoms with E-state index < -0.39 is 11.3 Å². The Labute approximate surface area is 148 Å². The van der Waals surface area contributed by atoms with Crippen LogP contribution in [-0.2, 0) is 11.3 Å². The number of urea groups is 1. The van der Waals surface area contributed by atoms with Crippen LogP contribution in [0.15, 0.2) is 24.3 Å². The van der Waals surface area contributed by atoms with Gasteiger partial charge in [0.2, 0.25) is 5.91 Å². The van der Waals surface area contributed by atoms with Crippen molar-refractivity contribution >= 4 is 17.8 Å². The van der Waals surface area contributed by atoms with E-state index in [4.69, 9.17) is 5.73 Å². The molecule has 4 amide bonds. The number of carbonyl (C=O) groups excluding carboxylic acids is 3. The monoisotopic (exact) mass is 348 g/mol. The second-order valence-electron chi connectivity index (χ2n) is 6.46. The second-order valence-corrected chi connectivity index (χ2v) is 6.46. The van der Waals surface area contributed by atoms with Gasteiger partial charge in [-0.25, -0.2) is 4.79 Å². The van der Waals surface area contributed by atoms with Gasteiger partial charge in [0.05, 0.1) is 5.41 Å². The van der Waals surface area contributed by atoms with Gasteiger partial charge in [0.1, 0.15) is 0 Å². The SMILES string of the molecule is CCN(CC)C(=O)c1ccc(CNC(=O)NCC(C)(C)C(N)=O)cc1. The summed E-state index contributed by atoms with van der Waals surface area (Å²) in [4.78, 5) is 37.0. The molecule has 25 heavy (non-hydrogen) atoms. The van der Waals surface area contributed by atoms with Crippen LogP contribution in [0.25, 0.3) is 0 Å². The maximum Gasteiger partial charge on any atom is 0.315 e. The lowest BCUT2D eigenvalue weighted by molar-refractivity contribution is -0.125. The highest BCUT2D eigenvalue weighted by Gasteiger charge is 2.25. The molecule has 0 atom stereocenters. The lowest BCUT2D eigenvalue weighted by atomic mass is 9.93. The van der Waals surface area contributed by atoms with E-state index in [9.17, 15) is 14.4 Å². The summed E-state index contributed by atoms with van der Waals surface area (Å²) in [7, 11) is 0. The van der Waals surface area contributed by atoms with Crippen LogP contribution in [0.4, 0.5) is 4.79 Å². The lowest BCUT2D eigenvalue weighted by Gasteiger charge is -2.21. The average molecular weight is 348 g/mol. The van der Waals surface area contributed by atoms with Gasteiger partial charge in [0.25, 0.3) is 5.91 Å². The number of rotatable bonds is 8. The van der Waals surface area contributed by atoms with Gasteiger partial charge in [0.15, 0.2) is 0 Å². The number of benzene rings is 1. The molecule has 7 heteroatoms. The van der Waals surface area contributed by atoms with Crippen LogP contribution in [0.5, 0.6) is 0 Å². The van der Waals surface area contributed by atoms with Gasteiger partial charge in [-0.05, 0) is 45.4 Å². The van der Waals surface area contributed by atoms with E-state index in [2.05, 4.69) is 10.6 Å². The molecule has 0 aromatic heterocycles. The highest BCUT2D eigenvalue weighted by molar-refractivity contribution is 5.94.